The SMILES string of the molecule is CC1(C)OB([C@]2(c3ccccc3)CCC(=O)C2)OC1(C)C. The third-order valence-corrected chi connectivity index (χ3v) is 5.42. The van der Waals surface area contributed by atoms with E-state index in [2.05, 4.69) is 39.8 Å². The molecule has 21 heavy (non-hydrogen) atoms. The van der Waals surface area contributed by atoms with E-state index >= 15 is 0 Å². The second kappa shape index (κ2) is 4.69. The van der Waals surface area contributed by atoms with Crippen LogP contribution in [0.4, 0.5) is 0 Å². The molecule has 3 nitrogen and oxygen atoms in total. The number of hydrogen-bond acceptors (Lipinski definition) is 3. The number of rotatable bonds is 2. The summed E-state index contributed by atoms with van der Waals surface area (Å²) < 4.78 is 12.6. The van der Waals surface area contributed by atoms with Crippen LogP contribution in [0, 0.1) is 0 Å². The summed E-state index contributed by atoms with van der Waals surface area (Å²) in [6, 6.07) is 10.2. The molecule has 1 aromatic carbocycles. The number of Topliss-reactive ketones (excluding diaryl/α,β-unsaturated/α-hetero) is 1. The summed E-state index contributed by atoms with van der Waals surface area (Å²) in [5, 5.41) is -0.344. The Kier molecular flexibility index (Phi) is 3.30. The van der Waals surface area contributed by atoms with E-state index in [-0.39, 0.29) is 23.6 Å². The normalized spacial score (nSPS) is 30.9. The van der Waals surface area contributed by atoms with Gasteiger partial charge in [-0.25, -0.2) is 0 Å². The van der Waals surface area contributed by atoms with Crippen LogP contribution >= 0.6 is 0 Å². The fourth-order valence-electron chi connectivity index (χ4n) is 3.31. The molecule has 1 atom stereocenters. The van der Waals surface area contributed by atoms with E-state index in [1.807, 2.05) is 18.2 Å². The summed E-state index contributed by atoms with van der Waals surface area (Å²) >= 11 is 0. The summed E-state index contributed by atoms with van der Waals surface area (Å²) in [6.07, 6.45) is 1.92. The molecule has 1 aromatic rings. The number of hydrogen-bond donors (Lipinski definition) is 0. The highest BCUT2D eigenvalue weighted by Gasteiger charge is 2.61. The van der Waals surface area contributed by atoms with Crippen LogP contribution < -0.4 is 0 Å². The van der Waals surface area contributed by atoms with Crippen LogP contribution in [0.15, 0.2) is 30.3 Å². The molecule has 2 fully saturated rings. The molecule has 1 aliphatic heterocycles. The molecule has 1 aliphatic carbocycles. The molecule has 2 aliphatic rings. The Labute approximate surface area is 127 Å². The summed E-state index contributed by atoms with van der Waals surface area (Å²) in [4.78, 5) is 12.0. The van der Waals surface area contributed by atoms with Gasteiger partial charge in [-0.1, -0.05) is 30.3 Å². The zero-order chi connectivity index (χ0) is 15.3. The van der Waals surface area contributed by atoms with Gasteiger partial charge in [0.05, 0.1) is 11.2 Å². The molecule has 3 rings (SSSR count). The molecular weight excluding hydrogens is 263 g/mol. The maximum atomic E-state index is 12.0. The fraction of sp³-hybridized carbons (Fsp3) is 0.588. The zero-order valence-corrected chi connectivity index (χ0v) is 13.3. The highest BCUT2D eigenvalue weighted by molar-refractivity contribution is 6.50. The highest BCUT2D eigenvalue weighted by atomic mass is 16.7. The molecule has 0 amide bonds. The molecular formula is C17H23BO3. The molecule has 0 N–H and O–H groups in total. The van der Waals surface area contributed by atoms with Gasteiger partial charge in [-0.3, -0.25) is 4.79 Å². The van der Waals surface area contributed by atoms with Crippen molar-refractivity contribution in [2.45, 2.75) is 63.5 Å². The van der Waals surface area contributed by atoms with Crippen LogP contribution in [-0.2, 0) is 19.4 Å². The predicted octanol–water partition coefficient (Wildman–Crippen LogP) is 3.31. The standard InChI is InChI=1S/C17H23BO3/c1-15(2)16(3,4)21-18(20-15)17(11-10-14(19)12-17)13-8-6-5-7-9-13/h5-9H,10-12H2,1-4H3/t17-/m1/s1. The van der Waals surface area contributed by atoms with Crippen LogP contribution in [0.3, 0.4) is 0 Å². The lowest BCUT2D eigenvalue weighted by molar-refractivity contribution is -0.117. The number of carbonyl (C=O) groups excluding carboxylic acids is 1. The molecule has 4 heteroatoms. The lowest BCUT2D eigenvalue weighted by Crippen LogP contribution is -2.44. The van der Waals surface area contributed by atoms with Crippen LogP contribution in [-0.4, -0.2) is 24.1 Å². The summed E-state index contributed by atoms with van der Waals surface area (Å²) in [5.74, 6) is 0.300. The minimum atomic E-state index is -0.370. The second-order valence-corrected chi connectivity index (χ2v) is 7.33. The lowest BCUT2D eigenvalue weighted by Gasteiger charge is -2.32. The van der Waals surface area contributed by atoms with E-state index < -0.39 is 0 Å². The lowest BCUT2D eigenvalue weighted by atomic mass is 9.53. The first-order valence-electron chi connectivity index (χ1n) is 7.70. The Morgan fingerprint density at radius 1 is 1.00 bits per heavy atom. The number of benzene rings is 1. The van der Waals surface area contributed by atoms with Gasteiger partial charge in [0.15, 0.2) is 0 Å². The minimum absolute atomic E-state index is 0.300. The van der Waals surface area contributed by atoms with Crippen molar-refractivity contribution >= 4 is 12.9 Å². The first kappa shape index (κ1) is 14.8. The van der Waals surface area contributed by atoms with Crippen molar-refractivity contribution in [2.75, 3.05) is 0 Å². The quantitative estimate of drug-likeness (QED) is 0.782. The van der Waals surface area contributed by atoms with E-state index in [0.29, 0.717) is 18.6 Å². The van der Waals surface area contributed by atoms with E-state index in [4.69, 9.17) is 9.31 Å². The molecule has 0 spiro atoms. The largest absolute Gasteiger partial charge is 0.469 e. The summed E-state index contributed by atoms with van der Waals surface area (Å²) in [6.45, 7) is 8.23. The first-order valence-corrected chi connectivity index (χ1v) is 7.70. The number of carbonyl (C=O) groups is 1. The molecule has 0 radical (unpaired) electrons. The minimum Gasteiger partial charge on any atom is -0.403 e. The monoisotopic (exact) mass is 286 g/mol. The topological polar surface area (TPSA) is 35.5 Å². The van der Waals surface area contributed by atoms with Crippen molar-refractivity contribution in [1.29, 1.82) is 0 Å². The van der Waals surface area contributed by atoms with Gasteiger partial charge < -0.3 is 9.31 Å². The Bertz CT molecular complexity index is 536. The fourth-order valence-corrected chi connectivity index (χ4v) is 3.31. The van der Waals surface area contributed by atoms with Crippen LogP contribution in [0.1, 0.15) is 52.5 Å². The van der Waals surface area contributed by atoms with Crippen LogP contribution in [0.2, 0.25) is 0 Å². The van der Waals surface area contributed by atoms with Crippen molar-refractivity contribution in [3.63, 3.8) is 0 Å². The van der Waals surface area contributed by atoms with Gasteiger partial charge in [0.1, 0.15) is 5.78 Å². The molecule has 1 heterocycles. The molecule has 0 bridgehead atoms. The highest BCUT2D eigenvalue weighted by Crippen LogP contribution is 2.49. The second-order valence-electron chi connectivity index (χ2n) is 7.33. The Hall–Kier alpha value is -1.13. The van der Waals surface area contributed by atoms with Crippen molar-refractivity contribution in [3.8, 4) is 0 Å². The average molecular weight is 286 g/mol. The van der Waals surface area contributed by atoms with E-state index in [9.17, 15) is 4.79 Å². The van der Waals surface area contributed by atoms with Crippen molar-refractivity contribution in [1.82, 2.24) is 0 Å². The van der Waals surface area contributed by atoms with Crippen LogP contribution in [0.25, 0.3) is 0 Å². The Morgan fingerprint density at radius 3 is 2.05 bits per heavy atom. The van der Waals surface area contributed by atoms with E-state index in [1.165, 1.54) is 0 Å². The maximum Gasteiger partial charge on any atom is 0.469 e. The van der Waals surface area contributed by atoms with Gasteiger partial charge in [0.2, 0.25) is 0 Å². The molecule has 0 aromatic heterocycles. The van der Waals surface area contributed by atoms with Gasteiger partial charge in [-0.2, -0.15) is 0 Å². The van der Waals surface area contributed by atoms with E-state index in [0.717, 1.165) is 12.0 Å². The maximum absolute atomic E-state index is 12.0. The van der Waals surface area contributed by atoms with Gasteiger partial charge in [0.25, 0.3) is 0 Å². The summed E-state index contributed by atoms with van der Waals surface area (Å²) in [5.41, 5.74) is 0.408. The van der Waals surface area contributed by atoms with Gasteiger partial charge in [0, 0.05) is 18.2 Å². The zero-order valence-electron chi connectivity index (χ0n) is 13.3. The smallest absolute Gasteiger partial charge is 0.403 e. The first-order chi connectivity index (χ1) is 9.77. The molecule has 112 valence electrons. The van der Waals surface area contributed by atoms with Crippen LogP contribution in [0.5, 0.6) is 0 Å². The predicted molar refractivity (Wildman–Crippen MR) is 83.1 cm³/mol. The van der Waals surface area contributed by atoms with Crippen molar-refractivity contribution in [2.24, 2.45) is 0 Å². The Morgan fingerprint density at radius 2 is 1.57 bits per heavy atom. The van der Waals surface area contributed by atoms with Gasteiger partial charge in [-0.15, -0.1) is 0 Å². The number of ketones is 1. The average Bonchev–Trinajstić information content (AvgIpc) is 2.90. The molecule has 1 saturated carbocycles. The molecule has 0 unspecified atom stereocenters. The van der Waals surface area contributed by atoms with Crippen molar-refractivity contribution < 1.29 is 14.1 Å². The Balaban J connectivity index is 2.01. The van der Waals surface area contributed by atoms with Crippen molar-refractivity contribution in [3.05, 3.63) is 35.9 Å². The third-order valence-electron chi connectivity index (χ3n) is 5.42. The van der Waals surface area contributed by atoms with Gasteiger partial charge in [-0.05, 0) is 39.7 Å². The third kappa shape index (κ3) is 2.25. The molecule has 1 saturated heterocycles. The van der Waals surface area contributed by atoms with Gasteiger partial charge >= 0.3 is 7.12 Å². The van der Waals surface area contributed by atoms with E-state index in [1.54, 1.807) is 0 Å². The summed E-state index contributed by atoms with van der Waals surface area (Å²) in [7, 11) is -0.364.